The number of anilines is 2. The first-order chi connectivity index (χ1) is 14.3. The number of aromatic nitrogens is 4. The second-order valence-corrected chi connectivity index (χ2v) is 8.48. The molecule has 0 radical (unpaired) electrons. The van der Waals surface area contributed by atoms with Gasteiger partial charge >= 0.3 is 0 Å². The summed E-state index contributed by atoms with van der Waals surface area (Å²) < 4.78 is 4.78. The van der Waals surface area contributed by atoms with Gasteiger partial charge in [0, 0.05) is 31.1 Å². The van der Waals surface area contributed by atoms with Crippen molar-refractivity contribution in [1.29, 1.82) is 0 Å². The summed E-state index contributed by atoms with van der Waals surface area (Å²) >= 11 is 3.15. The predicted octanol–water partition coefficient (Wildman–Crippen LogP) is 2.71. The van der Waals surface area contributed by atoms with E-state index >= 15 is 0 Å². The summed E-state index contributed by atoms with van der Waals surface area (Å²) in [5.41, 5.74) is 0.743. The quantitative estimate of drug-likeness (QED) is 0.519. The lowest BCUT2D eigenvalue weighted by molar-refractivity contribution is 0.0751. The van der Waals surface area contributed by atoms with Crippen molar-refractivity contribution in [2.45, 2.75) is 6.54 Å². The van der Waals surface area contributed by atoms with Crippen molar-refractivity contribution in [1.82, 2.24) is 25.2 Å². The smallest absolute Gasteiger partial charge is 0.264 e. The Bertz CT molecular complexity index is 1100. The van der Waals surface area contributed by atoms with Crippen molar-refractivity contribution in [2.75, 3.05) is 36.4 Å². The normalized spacial score (nSPS) is 14.5. The number of carbonyl (C=O) groups is 1. The van der Waals surface area contributed by atoms with Crippen LogP contribution in [0.3, 0.4) is 0 Å². The summed E-state index contributed by atoms with van der Waals surface area (Å²) in [7, 11) is 0. The molecule has 1 N–H and O–H groups in total. The molecule has 148 valence electrons. The van der Waals surface area contributed by atoms with E-state index in [4.69, 9.17) is 4.63 Å². The molecule has 0 aliphatic carbocycles. The van der Waals surface area contributed by atoms with E-state index in [0.717, 1.165) is 4.88 Å². The third-order valence-corrected chi connectivity index (χ3v) is 6.44. The molecule has 0 unspecified atom stereocenters. The van der Waals surface area contributed by atoms with Crippen LogP contribution in [-0.4, -0.2) is 57.3 Å². The summed E-state index contributed by atoms with van der Waals surface area (Å²) in [4.78, 5) is 27.7. The zero-order chi connectivity index (χ0) is 19.6. The molecule has 1 aliphatic heterocycles. The van der Waals surface area contributed by atoms with E-state index in [2.05, 4.69) is 36.6 Å². The molecule has 5 rings (SSSR count). The first-order valence-corrected chi connectivity index (χ1v) is 10.9. The van der Waals surface area contributed by atoms with E-state index < -0.39 is 0 Å². The SMILES string of the molecule is O=C(c1cccs1)N1CCN(c2nc3nonc3nc2NCc2cccs2)CC1. The van der Waals surface area contributed by atoms with Crippen LogP contribution in [0.5, 0.6) is 0 Å². The van der Waals surface area contributed by atoms with Crippen LogP contribution in [0.25, 0.3) is 11.3 Å². The Morgan fingerprint density at radius 2 is 1.79 bits per heavy atom. The van der Waals surface area contributed by atoms with Gasteiger partial charge in [0.2, 0.25) is 11.3 Å². The third-order valence-electron chi connectivity index (χ3n) is 4.70. The Kier molecular flexibility index (Phi) is 4.82. The van der Waals surface area contributed by atoms with E-state index in [1.54, 1.807) is 11.3 Å². The molecule has 0 atom stereocenters. The molecule has 0 aromatic carbocycles. The first-order valence-electron chi connectivity index (χ1n) is 9.12. The highest BCUT2D eigenvalue weighted by Gasteiger charge is 2.26. The van der Waals surface area contributed by atoms with Crippen LogP contribution >= 0.6 is 22.7 Å². The molecular weight excluding hydrogens is 410 g/mol. The van der Waals surface area contributed by atoms with Crippen molar-refractivity contribution in [3.8, 4) is 0 Å². The maximum Gasteiger partial charge on any atom is 0.264 e. The van der Waals surface area contributed by atoms with Crippen LogP contribution in [0.1, 0.15) is 14.5 Å². The molecule has 1 saturated heterocycles. The van der Waals surface area contributed by atoms with E-state index in [1.807, 2.05) is 33.9 Å². The monoisotopic (exact) mass is 427 g/mol. The van der Waals surface area contributed by atoms with Gasteiger partial charge in [-0.25, -0.2) is 14.6 Å². The Morgan fingerprint density at radius 3 is 2.52 bits per heavy atom. The van der Waals surface area contributed by atoms with Crippen LogP contribution in [0.2, 0.25) is 0 Å². The number of nitrogens with zero attached hydrogens (tertiary/aromatic N) is 6. The fraction of sp³-hybridized carbons (Fsp3) is 0.278. The van der Waals surface area contributed by atoms with Gasteiger partial charge in [0.05, 0.1) is 11.4 Å². The molecule has 4 aromatic heterocycles. The van der Waals surface area contributed by atoms with Crippen molar-refractivity contribution in [3.05, 3.63) is 44.8 Å². The first kappa shape index (κ1) is 18.0. The van der Waals surface area contributed by atoms with Crippen LogP contribution < -0.4 is 10.2 Å². The maximum absolute atomic E-state index is 12.6. The molecule has 0 saturated carbocycles. The van der Waals surface area contributed by atoms with E-state index in [1.165, 1.54) is 16.2 Å². The summed E-state index contributed by atoms with van der Waals surface area (Å²) in [5, 5.41) is 15.0. The summed E-state index contributed by atoms with van der Waals surface area (Å²) in [5.74, 6) is 1.42. The standard InChI is InChI=1S/C18H17N7O2S2/c26-18(13-4-2-10-29-13)25-7-5-24(6-8-25)17-16(19-11-12-3-1-9-28-12)20-14-15(21-17)23-27-22-14/h1-4,9-10H,5-8,11H2,(H,19,20,22). The molecule has 5 heterocycles. The largest absolute Gasteiger partial charge is 0.362 e. The number of carbonyl (C=O) groups excluding carboxylic acids is 1. The van der Waals surface area contributed by atoms with Crippen LogP contribution in [0, 0.1) is 0 Å². The topological polar surface area (TPSA) is 100 Å². The third kappa shape index (κ3) is 3.66. The maximum atomic E-state index is 12.6. The minimum Gasteiger partial charge on any atom is -0.362 e. The lowest BCUT2D eigenvalue weighted by Crippen LogP contribution is -2.49. The molecule has 29 heavy (non-hydrogen) atoms. The Hall–Kier alpha value is -3.05. The average Bonchev–Trinajstić information content (AvgIpc) is 3.53. The number of rotatable bonds is 5. The van der Waals surface area contributed by atoms with Gasteiger partial charge in [0.25, 0.3) is 5.91 Å². The van der Waals surface area contributed by atoms with Gasteiger partial charge in [-0.05, 0) is 33.2 Å². The molecule has 1 amide bonds. The van der Waals surface area contributed by atoms with Gasteiger partial charge in [-0.2, -0.15) is 0 Å². The second-order valence-electron chi connectivity index (χ2n) is 6.50. The van der Waals surface area contributed by atoms with Gasteiger partial charge in [-0.15, -0.1) is 22.7 Å². The summed E-state index contributed by atoms with van der Waals surface area (Å²) in [6.07, 6.45) is 0. The van der Waals surface area contributed by atoms with Gasteiger partial charge < -0.3 is 15.1 Å². The second kappa shape index (κ2) is 7.76. The molecule has 4 aromatic rings. The minimum absolute atomic E-state index is 0.0814. The zero-order valence-electron chi connectivity index (χ0n) is 15.3. The molecule has 1 fully saturated rings. The summed E-state index contributed by atoms with van der Waals surface area (Å²) in [6.45, 7) is 3.22. The average molecular weight is 428 g/mol. The van der Waals surface area contributed by atoms with E-state index in [-0.39, 0.29) is 5.91 Å². The van der Waals surface area contributed by atoms with Gasteiger partial charge in [-0.1, -0.05) is 12.1 Å². The molecule has 0 bridgehead atoms. The number of hydrogen-bond donors (Lipinski definition) is 1. The van der Waals surface area contributed by atoms with Crippen molar-refractivity contribution < 1.29 is 9.42 Å². The van der Waals surface area contributed by atoms with Gasteiger partial charge in [0.15, 0.2) is 11.6 Å². The van der Waals surface area contributed by atoms with Crippen molar-refractivity contribution >= 4 is 51.5 Å². The number of fused-ring (bicyclic) bond motifs is 1. The summed E-state index contributed by atoms with van der Waals surface area (Å²) in [6, 6.07) is 7.85. The number of piperazine rings is 1. The number of amides is 1. The Morgan fingerprint density at radius 1 is 1.03 bits per heavy atom. The highest BCUT2D eigenvalue weighted by Crippen LogP contribution is 2.26. The fourth-order valence-electron chi connectivity index (χ4n) is 3.23. The number of hydrogen-bond acceptors (Lipinski definition) is 10. The van der Waals surface area contributed by atoms with Crippen LogP contribution in [0.4, 0.5) is 11.6 Å². The highest BCUT2D eigenvalue weighted by atomic mass is 32.1. The Labute approximate surface area is 173 Å². The molecular formula is C18H17N7O2S2. The van der Waals surface area contributed by atoms with Crippen LogP contribution in [-0.2, 0) is 6.54 Å². The minimum atomic E-state index is 0.0814. The van der Waals surface area contributed by atoms with Gasteiger partial charge in [0.1, 0.15) is 0 Å². The number of nitrogens with one attached hydrogen (secondary N) is 1. The predicted molar refractivity (Wildman–Crippen MR) is 111 cm³/mol. The number of thiophene rings is 2. The lowest BCUT2D eigenvalue weighted by atomic mass is 10.3. The lowest BCUT2D eigenvalue weighted by Gasteiger charge is -2.35. The molecule has 9 nitrogen and oxygen atoms in total. The fourth-order valence-corrected chi connectivity index (χ4v) is 4.57. The molecule has 0 spiro atoms. The van der Waals surface area contributed by atoms with Crippen molar-refractivity contribution in [2.24, 2.45) is 0 Å². The van der Waals surface area contributed by atoms with E-state index in [9.17, 15) is 4.79 Å². The Balaban J connectivity index is 1.35. The molecule has 11 heteroatoms. The van der Waals surface area contributed by atoms with E-state index in [0.29, 0.717) is 55.7 Å². The van der Waals surface area contributed by atoms with Crippen molar-refractivity contribution in [3.63, 3.8) is 0 Å². The molecule has 1 aliphatic rings. The zero-order valence-corrected chi connectivity index (χ0v) is 16.9. The highest BCUT2D eigenvalue weighted by molar-refractivity contribution is 7.12. The van der Waals surface area contributed by atoms with Crippen LogP contribution in [0.15, 0.2) is 39.7 Å². The van der Waals surface area contributed by atoms with Gasteiger partial charge in [-0.3, -0.25) is 4.79 Å².